The molecule has 1 aromatic rings. The van der Waals surface area contributed by atoms with Crippen LogP contribution in [0.3, 0.4) is 0 Å². The summed E-state index contributed by atoms with van der Waals surface area (Å²) in [6.07, 6.45) is 3.48. The van der Waals surface area contributed by atoms with Crippen LogP contribution in [0.2, 0.25) is 5.02 Å². The van der Waals surface area contributed by atoms with Crippen LogP contribution in [0.25, 0.3) is 5.57 Å². The van der Waals surface area contributed by atoms with Crippen molar-refractivity contribution in [1.82, 2.24) is 4.90 Å². The molecule has 0 N–H and O–H groups in total. The van der Waals surface area contributed by atoms with Gasteiger partial charge >= 0.3 is 0 Å². The number of hydrogen-bond donors (Lipinski definition) is 0. The summed E-state index contributed by atoms with van der Waals surface area (Å²) in [6.45, 7) is 7.71. The number of halogens is 1. The number of rotatable bonds is 3. The van der Waals surface area contributed by atoms with Crippen molar-refractivity contribution in [1.29, 1.82) is 0 Å². The van der Waals surface area contributed by atoms with Crippen LogP contribution in [0, 0.1) is 5.92 Å². The number of nitrogens with zero attached hydrogens (tertiary/aromatic N) is 1. The fourth-order valence-corrected chi connectivity index (χ4v) is 2.35. The van der Waals surface area contributed by atoms with Crippen LogP contribution in [0.1, 0.15) is 25.8 Å². The normalized spacial score (nSPS) is 17.3. The van der Waals surface area contributed by atoms with Gasteiger partial charge in [0.15, 0.2) is 0 Å². The molecule has 1 heterocycles. The maximum absolute atomic E-state index is 5.90. The summed E-state index contributed by atoms with van der Waals surface area (Å²) in [5, 5.41) is 0.808. The van der Waals surface area contributed by atoms with E-state index in [1.54, 1.807) is 0 Å². The van der Waals surface area contributed by atoms with Crippen molar-refractivity contribution in [2.75, 3.05) is 19.6 Å². The molecule has 0 saturated heterocycles. The van der Waals surface area contributed by atoms with Crippen molar-refractivity contribution < 1.29 is 0 Å². The van der Waals surface area contributed by atoms with Crippen LogP contribution in [-0.4, -0.2) is 24.5 Å². The molecular formula is C15H19ClN. The highest BCUT2D eigenvalue weighted by Crippen LogP contribution is 2.24. The maximum Gasteiger partial charge on any atom is 0.0406 e. The second kappa shape index (κ2) is 5.70. The zero-order valence-electron chi connectivity index (χ0n) is 10.5. The SMILES string of the molecule is C[C](C)CN1CC=C(c2ccc(Cl)cc2)CC1. The van der Waals surface area contributed by atoms with E-state index in [0.717, 1.165) is 31.1 Å². The van der Waals surface area contributed by atoms with Crippen LogP contribution in [-0.2, 0) is 0 Å². The zero-order chi connectivity index (χ0) is 12.3. The van der Waals surface area contributed by atoms with Crippen molar-refractivity contribution in [2.45, 2.75) is 20.3 Å². The molecule has 0 amide bonds. The lowest BCUT2D eigenvalue weighted by atomic mass is 9.99. The molecule has 0 aliphatic carbocycles. The van der Waals surface area contributed by atoms with E-state index in [-0.39, 0.29) is 0 Å². The molecule has 1 nitrogen and oxygen atoms in total. The van der Waals surface area contributed by atoms with E-state index < -0.39 is 0 Å². The van der Waals surface area contributed by atoms with Gasteiger partial charge in [-0.05, 0) is 35.6 Å². The van der Waals surface area contributed by atoms with Gasteiger partial charge in [-0.25, -0.2) is 0 Å². The molecule has 2 rings (SSSR count). The molecule has 2 heteroatoms. The quantitative estimate of drug-likeness (QED) is 0.780. The molecule has 1 aromatic carbocycles. The second-order valence-corrected chi connectivity index (χ2v) is 5.36. The molecule has 0 unspecified atom stereocenters. The Balaban J connectivity index is 2.00. The Morgan fingerprint density at radius 1 is 1.24 bits per heavy atom. The Morgan fingerprint density at radius 3 is 2.47 bits per heavy atom. The summed E-state index contributed by atoms with van der Waals surface area (Å²) < 4.78 is 0. The van der Waals surface area contributed by atoms with Crippen molar-refractivity contribution in [3.63, 3.8) is 0 Å². The molecule has 1 radical (unpaired) electrons. The molecule has 91 valence electrons. The van der Waals surface area contributed by atoms with Gasteiger partial charge < -0.3 is 0 Å². The summed E-state index contributed by atoms with van der Waals surface area (Å²) >= 11 is 5.90. The predicted octanol–water partition coefficient (Wildman–Crippen LogP) is 4.04. The van der Waals surface area contributed by atoms with E-state index in [1.807, 2.05) is 12.1 Å². The van der Waals surface area contributed by atoms with E-state index in [4.69, 9.17) is 11.6 Å². The van der Waals surface area contributed by atoms with Crippen LogP contribution in [0.4, 0.5) is 0 Å². The van der Waals surface area contributed by atoms with E-state index in [0.29, 0.717) is 0 Å². The van der Waals surface area contributed by atoms with E-state index >= 15 is 0 Å². The van der Waals surface area contributed by atoms with Crippen molar-refractivity contribution >= 4 is 17.2 Å². The third-order valence-electron chi connectivity index (χ3n) is 3.05. The lowest BCUT2D eigenvalue weighted by Gasteiger charge is -2.27. The summed E-state index contributed by atoms with van der Waals surface area (Å²) in [5.74, 6) is 1.48. The topological polar surface area (TPSA) is 3.24 Å². The largest absolute Gasteiger partial charge is 0.299 e. The minimum absolute atomic E-state index is 0.808. The fourth-order valence-electron chi connectivity index (χ4n) is 2.23. The van der Waals surface area contributed by atoms with Gasteiger partial charge in [0.05, 0.1) is 0 Å². The smallest absolute Gasteiger partial charge is 0.0406 e. The Labute approximate surface area is 109 Å². The van der Waals surface area contributed by atoms with Crippen LogP contribution >= 0.6 is 11.6 Å². The van der Waals surface area contributed by atoms with E-state index in [2.05, 4.69) is 37.0 Å². The van der Waals surface area contributed by atoms with Crippen molar-refractivity contribution in [2.24, 2.45) is 0 Å². The van der Waals surface area contributed by atoms with Crippen molar-refractivity contribution in [3.8, 4) is 0 Å². The third-order valence-corrected chi connectivity index (χ3v) is 3.30. The summed E-state index contributed by atoms with van der Waals surface area (Å²) in [7, 11) is 0. The standard InChI is InChI=1S/C15H19ClN/c1-12(2)11-17-9-7-14(8-10-17)13-3-5-15(16)6-4-13/h3-7H,8-11H2,1-2H3. The first-order valence-corrected chi connectivity index (χ1v) is 6.49. The summed E-state index contributed by atoms with van der Waals surface area (Å²) in [6, 6.07) is 8.16. The molecule has 0 spiro atoms. The van der Waals surface area contributed by atoms with Gasteiger partial charge in [-0.2, -0.15) is 0 Å². The van der Waals surface area contributed by atoms with Gasteiger partial charge in [0.1, 0.15) is 0 Å². The Hall–Kier alpha value is -0.790. The zero-order valence-corrected chi connectivity index (χ0v) is 11.3. The molecule has 0 fully saturated rings. The Morgan fingerprint density at radius 2 is 1.94 bits per heavy atom. The van der Waals surface area contributed by atoms with Gasteiger partial charge in [0.2, 0.25) is 0 Å². The molecule has 0 bridgehead atoms. The first-order valence-electron chi connectivity index (χ1n) is 6.11. The van der Waals surface area contributed by atoms with Crippen LogP contribution in [0.5, 0.6) is 0 Å². The first kappa shape index (κ1) is 12.7. The molecule has 0 atom stereocenters. The van der Waals surface area contributed by atoms with Gasteiger partial charge in [-0.1, -0.05) is 43.7 Å². The maximum atomic E-state index is 5.90. The van der Waals surface area contributed by atoms with Gasteiger partial charge in [-0.3, -0.25) is 4.90 Å². The molecule has 1 aliphatic rings. The number of benzene rings is 1. The van der Waals surface area contributed by atoms with Crippen LogP contribution < -0.4 is 0 Å². The van der Waals surface area contributed by atoms with E-state index in [9.17, 15) is 0 Å². The van der Waals surface area contributed by atoms with Gasteiger partial charge in [-0.15, -0.1) is 0 Å². The average molecular weight is 249 g/mol. The Bertz CT molecular complexity index is 392. The van der Waals surface area contributed by atoms with Gasteiger partial charge in [0, 0.05) is 24.7 Å². The summed E-state index contributed by atoms with van der Waals surface area (Å²) in [5.41, 5.74) is 2.76. The molecule has 1 aliphatic heterocycles. The highest BCUT2D eigenvalue weighted by molar-refractivity contribution is 6.30. The minimum atomic E-state index is 0.808. The minimum Gasteiger partial charge on any atom is -0.299 e. The molecule has 0 saturated carbocycles. The fraction of sp³-hybridized carbons (Fsp3) is 0.400. The predicted molar refractivity (Wildman–Crippen MR) is 75.1 cm³/mol. The molecule has 0 aromatic heterocycles. The van der Waals surface area contributed by atoms with Crippen molar-refractivity contribution in [3.05, 3.63) is 46.8 Å². The highest BCUT2D eigenvalue weighted by atomic mass is 35.5. The lowest BCUT2D eigenvalue weighted by molar-refractivity contribution is 0.313. The van der Waals surface area contributed by atoms with E-state index in [1.165, 1.54) is 17.1 Å². The van der Waals surface area contributed by atoms with Gasteiger partial charge in [0.25, 0.3) is 0 Å². The Kier molecular flexibility index (Phi) is 4.25. The third kappa shape index (κ3) is 3.58. The lowest BCUT2D eigenvalue weighted by Crippen LogP contribution is -2.31. The second-order valence-electron chi connectivity index (χ2n) is 4.93. The molecular weight excluding hydrogens is 230 g/mol. The average Bonchev–Trinajstić information content (AvgIpc) is 2.30. The highest BCUT2D eigenvalue weighted by Gasteiger charge is 2.13. The monoisotopic (exact) mass is 248 g/mol. The van der Waals surface area contributed by atoms with Crippen LogP contribution in [0.15, 0.2) is 30.3 Å². The summed E-state index contributed by atoms with van der Waals surface area (Å²) in [4.78, 5) is 2.48. The first-order chi connectivity index (χ1) is 8.15. The number of hydrogen-bond acceptors (Lipinski definition) is 1. The molecule has 17 heavy (non-hydrogen) atoms.